The molecule has 0 aromatic heterocycles. The van der Waals surface area contributed by atoms with Crippen LogP contribution in [0.25, 0.3) is 0 Å². The molecule has 190 valence electrons. The number of carboxylic acid groups (broad SMARTS) is 1. The highest BCUT2D eigenvalue weighted by Gasteiger charge is 2.74. The predicted octanol–water partition coefficient (Wildman–Crippen LogP) is 6.74. The Morgan fingerprint density at radius 1 is 1.00 bits per heavy atom. The van der Waals surface area contributed by atoms with Gasteiger partial charge >= 0.3 is 5.97 Å². The van der Waals surface area contributed by atoms with Gasteiger partial charge in [0, 0.05) is 22.8 Å². The van der Waals surface area contributed by atoms with Crippen molar-refractivity contribution in [2.45, 2.75) is 105 Å². The lowest BCUT2D eigenvalue weighted by molar-refractivity contribution is -0.398. The van der Waals surface area contributed by atoms with E-state index in [4.69, 9.17) is 9.84 Å². The summed E-state index contributed by atoms with van der Waals surface area (Å²) < 4.78 is 6.31. The van der Waals surface area contributed by atoms with E-state index in [1.54, 1.807) is 6.92 Å². The summed E-state index contributed by atoms with van der Waals surface area (Å²) in [5.41, 5.74) is 2.41. The van der Waals surface area contributed by atoms with Gasteiger partial charge in [0.05, 0.1) is 6.61 Å². The van der Waals surface area contributed by atoms with Gasteiger partial charge in [-0.2, -0.15) is 0 Å². The van der Waals surface area contributed by atoms with Gasteiger partial charge in [-0.15, -0.1) is 0 Å². The highest BCUT2D eigenvalue weighted by Crippen LogP contribution is 2.77. The highest BCUT2D eigenvalue weighted by atomic mass is 16.6. The minimum atomic E-state index is -0.947. The van der Waals surface area contributed by atoms with Crippen LogP contribution < -0.4 is 0 Å². The summed E-state index contributed by atoms with van der Waals surface area (Å²) in [6, 6.07) is 0. The molecule has 2 bridgehead atoms. The standard InChI is InChI=1S/C30H46O4/c1-19(8-7-9-20(2)25(31)32)21-12-14-27(5)22(21)10-11-24-28(27,6)15-13-23-26(3,4)30(33)17-16-29(23,24)18-34-30/h9,21-24,33H,1,7-8,10-18H2,2-6H3,(H,31,32)/b20-9+/t21-,22-,23+,24+,27-,28-,29+,30?/m1/s1. The number of carboxylic acids is 1. The van der Waals surface area contributed by atoms with Gasteiger partial charge in [0.25, 0.3) is 0 Å². The molecule has 34 heavy (non-hydrogen) atoms. The minimum Gasteiger partial charge on any atom is -0.478 e. The second kappa shape index (κ2) is 7.68. The van der Waals surface area contributed by atoms with E-state index in [1.165, 1.54) is 44.1 Å². The third-order valence-corrected chi connectivity index (χ3v) is 12.6. The molecule has 6 rings (SSSR count). The molecular weight excluding hydrogens is 424 g/mol. The monoisotopic (exact) mass is 470 g/mol. The lowest BCUT2D eigenvalue weighted by atomic mass is 9.34. The Morgan fingerprint density at radius 2 is 1.71 bits per heavy atom. The summed E-state index contributed by atoms with van der Waals surface area (Å²) in [5.74, 6) is 0.678. The molecule has 4 heteroatoms. The van der Waals surface area contributed by atoms with Crippen molar-refractivity contribution in [3.8, 4) is 0 Å². The smallest absolute Gasteiger partial charge is 0.330 e. The quantitative estimate of drug-likeness (QED) is 0.345. The Kier molecular flexibility index (Phi) is 5.55. The Morgan fingerprint density at radius 3 is 2.35 bits per heavy atom. The van der Waals surface area contributed by atoms with E-state index >= 15 is 0 Å². The second-order valence-electron chi connectivity index (χ2n) is 13.7. The van der Waals surface area contributed by atoms with Crippen molar-refractivity contribution in [3.05, 3.63) is 23.8 Å². The van der Waals surface area contributed by atoms with Crippen molar-refractivity contribution in [1.29, 1.82) is 0 Å². The third-order valence-electron chi connectivity index (χ3n) is 12.6. The third kappa shape index (κ3) is 3.00. The van der Waals surface area contributed by atoms with Gasteiger partial charge in [0.1, 0.15) is 0 Å². The molecule has 2 N–H and O–H groups in total. The number of allylic oxidation sites excluding steroid dienone is 2. The van der Waals surface area contributed by atoms with Crippen LogP contribution in [-0.2, 0) is 9.53 Å². The molecule has 4 nitrogen and oxygen atoms in total. The zero-order valence-corrected chi connectivity index (χ0v) is 22.1. The molecule has 0 amide bonds. The summed E-state index contributed by atoms with van der Waals surface area (Å²) in [6.45, 7) is 16.7. The first-order valence-corrected chi connectivity index (χ1v) is 13.8. The van der Waals surface area contributed by atoms with Gasteiger partial charge in [-0.3, -0.25) is 0 Å². The molecule has 2 heterocycles. The van der Waals surface area contributed by atoms with Crippen molar-refractivity contribution in [2.75, 3.05) is 6.61 Å². The van der Waals surface area contributed by atoms with Crippen LogP contribution in [0.1, 0.15) is 98.8 Å². The lowest BCUT2D eigenvalue weighted by Crippen LogP contribution is -2.73. The number of aliphatic hydroxyl groups is 1. The minimum absolute atomic E-state index is 0.184. The van der Waals surface area contributed by atoms with Crippen molar-refractivity contribution < 1.29 is 19.7 Å². The number of carbonyl (C=O) groups is 1. The maximum absolute atomic E-state index is 11.3. The molecule has 1 spiro atoms. The Labute approximate surface area is 206 Å². The Balaban J connectivity index is 1.38. The lowest BCUT2D eigenvalue weighted by Gasteiger charge is -2.74. The van der Waals surface area contributed by atoms with Gasteiger partial charge in [-0.25, -0.2) is 4.79 Å². The summed E-state index contributed by atoms with van der Waals surface area (Å²) in [7, 11) is 0. The first-order chi connectivity index (χ1) is 15.8. The van der Waals surface area contributed by atoms with Gasteiger partial charge in [-0.1, -0.05) is 45.9 Å². The Bertz CT molecular complexity index is 907. The van der Waals surface area contributed by atoms with Crippen molar-refractivity contribution >= 4 is 5.97 Å². The van der Waals surface area contributed by atoms with E-state index in [9.17, 15) is 9.90 Å². The molecule has 6 fully saturated rings. The molecule has 4 aliphatic carbocycles. The first kappa shape index (κ1) is 24.6. The van der Waals surface area contributed by atoms with E-state index in [2.05, 4.69) is 34.3 Å². The molecule has 8 atom stereocenters. The highest BCUT2D eigenvalue weighted by molar-refractivity contribution is 5.85. The molecule has 0 radical (unpaired) electrons. The average molecular weight is 471 g/mol. The number of hydrogen-bond acceptors (Lipinski definition) is 3. The van der Waals surface area contributed by atoms with E-state index in [0.717, 1.165) is 32.3 Å². The van der Waals surface area contributed by atoms with E-state index in [1.807, 2.05) is 6.08 Å². The molecule has 6 aliphatic rings. The number of rotatable bonds is 5. The van der Waals surface area contributed by atoms with E-state index in [-0.39, 0.29) is 10.8 Å². The van der Waals surface area contributed by atoms with Crippen LogP contribution in [-0.4, -0.2) is 28.6 Å². The van der Waals surface area contributed by atoms with Crippen molar-refractivity contribution in [3.63, 3.8) is 0 Å². The maximum Gasteiger partial charge on any atom is 0.330 e. The molecular formula is C30H46O4. The average Bonchev–Trinajstić information content (AvgIpc) is 3.13. The SMILES string of the molecule is C=C(CC/C=C(\C)C(=O)O)[C@H]1CC[C@]2(C)[C@@H]1CC[C@@H]1[C@@]34CCC(O)(OC3)C(C)(C)[C@@H]4CC[C@]12C. The summed E-state index contributed by atoms with van der Waals surface area (Å²) in [6.07, 6.45) is 12.9. The van der Waals surface area contributed by atoms with E-state index < -0.39 is 11.8 Å². The topological polar surface area (TPSA) is 66.8 Å². The molecule has 1 unspecified atom stereocenters. The summed E-state index contributed by atoms with van der Waals surface area (Å²) in [5, 5.41) is 20.5. The number of aliphatic carboxylic acids is 1. The van der Waals surface area contributed by atoms with Gasteiger partial charge in [-0.05, 0) is 99.2 Å². The normalized spacial score (nSPS) is 49.2. The fourth-order valence-electron chi connectivity index (χ4n) is 10.4. The fourth-order valence-corrected chi connectivity index (χ4v) is 10.4. The van der Waals surface area contributed by atoms with Crippen molar-refractivity contribution in [1.82, 2.24) is 0 Å². The zero-order valence-electron chi connectivity index (χ0n) is 22.1. The van der Waals surface area contributed by atoms with E-state index in [0.29, 0.717) is 40.1 Å². The summed E-state index contributed by atoms with van der Waals surface area (Å²) >= 11 is 0. The molecule has 0 aromatic carbocycles. The largest absolute Gasteiger partial charge is 0.478 e. The first-order valence-electron chi connectivity index (χ1n) is 13.8. The van der Waals surface area contributed by atoms with Gasteiger partial charge < -0.3 is 14.9 Å². The number of hydrogen-bond donors (Lipinski definition) is 2. The maximum atomic E-state index is 11.3. The fraction of sp³-hybridized carbons (Fsp3) is 0.833. The second-order valence-corrected chi connectivity index (χ2v) is 13.7. The van der Waals surface area contributed by atoms with Crippen LogP contribution >= 0.6 is 0 Å². The molecule has 2 saturated heterocycles. The van der Waals surface area contributed by atoms with Gasteiger partial charge in [0.15, 0.2) is 5.79 Å². The summed E-state index contributed by atoms with van der Waals surface area (Å²) in [4.78, 5) is 11.1. The zero-order chi connectivity index (χ0) is 24.7. The van der Waals surface area contributed by atoms with Crippen LogP contribution in [0.4, 0.5) is 0 Å². The van der Waals surface area contributed by atoms with Crippen LogP contribution in [0.3, 0.4) is 0 Å². The molecule has 4 saturated carbocycles. The predicted molar refractivity (Wildman–Crippen MR) is 134 cm³/mol. The van der Waals surface area contributed by atoms with Crippen LogP contribution in [0.2, 0.25) is 0 Å². The van der Waals surface area contributed by atoms with Crippen molar-refractivity contribution in [2.24, 2.45) is 45.3 Å². The molecule has 0 aromatic rings. The molecule has 2 aliphatic heterocycles. The van der Waals surface area contributed by atoms with Gasteiger partial charge in [0.2, 0.25) is 0 Å². The number of ether oxygens (including phenoxy) is 1. The van der Waals surface area contributed by atoms with Crippen LogP contribution in [0.15, 0.2) is 23.8 Å². The van der Waals surface area contributed by atoms with Crippen LogP contribution in [0, 0.1) is 45.3 Å². The number of fused-ring (bicyclic) bond motifs is 5. The van der Waals surface area contributed by atoms with Crippen LogP contribution in [0.5, 0.6) is 0 Å². The Hall–Kier alpha value is -1.13.